The summed E-state index contributed by atoms with van der Waals surface area (Å²) in [7, 11) is 0. The zero-order valence-electron chi connectivity index (χ0n) is 17.5. The Morgan fingerprint density at radius 3 is 2.47 bits per heavy atom. The molecule has 0 aliphatic carbocycles. The molecule has 0 atom stereocenters. The maximum atomic E-state index is 13.3. The lowest BCUT2D eigenvalue weighted by atomic mass is 10.1. The average Bonchev–Trinajstić information content (AvgIpc) is 3.35. The molecule has 5 aromatic rings. The second-order valence-electron chi connectivity index (χ2n) is 7.55. The van der Waals surface area contributed by atoms with Gasteiger partial charge in [-0.15, -0.1) is 0 Å². The van der Waals surface area contributed by atoms with Crippen molar-refractivity contribution in [2.45, 2.75) is 13.8 Å². The van der Waals surface area contributed by atoms with Gasteiger partial charge in [-0.2, -0.15) is 9.78 Å². The minimum absolute atomic E-state index is 0.139. The Hall–Kier alpha value is -4.46. The zero-order valence-corrected chi connectivity index (χ0v) is 17.5. The van der Waals surface area contributed by atoms with E-state index in [-0.39, 0.29) is 17.3 Å². The number of amides is 1. The predicted octanol–water partition coefficient (Wildman–Crippen LogP) is 4.51. The standard InChI is InChI=1S/C24H20N6O2/c1-14-10-15(2)12-16(11-14)27-24(31)20-21-23(29-19-8-4-3-7-18(19)28-21)30(22(20)25)26-13-17-6-5-9-32-17/h3-13H,25H2,1-2H3,(H,27,31)/b26-13+. The minimum atomic E-state index is -0.381. The molecule has 0 aliphatic heterocycles. The Bertz CT molecular complexity index is 1480. The summed E-state index contributed by atoms with van der Waals surface area (Å²) in [6.07, 6.45) is 3.06. The summed E-state index contributed by atoms with van der Waals surface area (Å²) in [6.45, 7) is 3.95. The molecule has 0 radical (unpaired) electrons. The van der Waals surface area contributed by atoms with E-state index in [9.17, 15) is 4.79 Å². The van der Waals surface area contributed by atoms with E-state index >= 15 is 0 Å². The Kier molecular flexibility index (Phi) is 4.67. The van der Waals surface area contributed by atoms with Crippen molar-refractivity contribution in [1.29, 1.82) is 0 Å². The molecular formula is C24H20N6O2. The van der Waals surface area contributed by atoms with Crippen LogP contribution in [-0.4, -0.2) is 26.8 Å². The number of furan rings is 1. The highest BCUT2D eigenvalue weighted by Gasteiger charge is 2.24. The van der Waals surface area contributed by atoms with Crippen molar-refractivity contribution in [3.8, 4) is 0 Å². The van der Waals surface area contributed by atoms with Crippen LogP contribution >= 0.6 is 0 Å². The van der Waals surface area contributed by atoms with Crippen LogP contribution in [0.4, 0.5) is 11.5 Å². The van der Waals surface area contributed by atoms with Crippen molar-refractivity contribution in [1.82, 2.24) is 14.6 Å². The molecule has 3 heterocycles. The second-order valence-corrected chi connectivity index (χ2v) is 7.55. The topological polar surface area (TPSA) is 111 Å². The van der Waals surface area contributed by atoms with Crippen LogP contribution in [0, 0.1) is 13.8 Å². The van der Waals surface area contributed by atoms with Gasteiger partial charge in [-0.25, -0.2) is 9.97 Å². The molecule has 3 aromatic heterocycles. The number of aryl methyl sites for hydroxylation is 2. The molecule has 0 saturated heterocycles. The fourth-order valence-electron chi connectivity index (χ4n) is 3.71. The normalized spacial score (nSPS) is 11.6. The number of nitrogens with zero attached hydrogens (tertiary/aromatic N) is 4. The van der Waals surface area contributed by atoms with Crippen molar-refractivity contribution in [2.24, 2.45) is 5.10 Å². The number of carbonyl (C=O) groups is 1. The van der Waals surface area contributed by atoms with Gasteiger partial charge in [0.25, 0.3) is 5.91 Å². The number of hydrogen-bond acceptors (Lipinski definition) is 6. The largest absolute Gasteiger partial charge is 0.463 e. The number of fused-ring (bicyclic) bond motifs is 2. The summed E-state index contributed by atoms with van der Waals surface area (Å²) in [4.78, 5) is 22.7. The van der Waals surface area contributed by atoms with Crippen LogP contribution in [0.3, 0.4) is 0 Å². The molecule has 2 aromatic carbocycles. The van der Waals surface area contributed by atoms with Crippen molar-refractivity contribution in [3.05, 3.63) is 83.3 Å². The maximum absolute atomic E-state index is 13.3. The Morgan fingerprint density at radius 2 is 1.78 bits per heavy atom. The number of benzene rings is 2. The smallest absolute Gasteiger partial charge is 0.261 e. The molecule has 0 spiro atoms. The van der Waals surface area contributed by atoms with Gasteiger partial charge in [0.15, 0.2) is 5.65 Å². The monoisotopic (exact) mass is 424 g/mol. The molecule has 8 nitrogen and oxygen atoms in total. The second kappa shape index (κ2) is 7.66. The van der Waals surface area contributed by atoms with Gasteiger partial charge in [0.1, 0.15) is 22.7 Å². The van der Waals surface area contributed by atoms with E-state index in [1.54, 1.807) is 18.4 Å². The number of hydrogen-bond donors (Lipinski definition) is 2. The molecule has 0 fully saturated rings. The molecule has 32 heavy (non-hydrogen) atoms. The Labute approximate surface area is 183 Å². The van der Waals surface area contributed by atoms with Crippen molar-refractivity contribution < 1.29 is 9.21 Å². The summed E-state index contributed by atoms with van der Waals surface area (Å²) in [5.74, 6) is 0.301. The molecule has 0 saturated carbocycles. The first-order chi connectivity index (χ1) is 15.5. The lowest BCUT2D eigenvalue weighted by Gasteiger charge is -2.07. The third-order valence-corrected chi connectivity index (χ3v) is 5.02. The minimum Gasteiger partial charge on any atom is -0.463 e. The van der Waals surface area contributed by atoms with E-state index in [0.29, 0.717) is 33.6 Å². The number of aromatic nitrogens is 3. The van der Waals surface area contributed by atoms with E-state index in [2.05, 4.69) is 20.4 Å². The number of carbonyl (C=O) groups excluding carboxylic acids is 1. The van der Waals surface area contributed by atoms with Gasteiger partial charge in [0.2, 0.25) is 0 Å². The van der Waals surface area contributed by atoms with Gasteiger partial charge in [0.05, 0.1) is 23.5 Å². The number of nitrogens with two attached hydrogens (primary N) is 1. The maximum Gasteiger partial charge on any atom is 0.261 e. The average molecular weight is 424 g/mol. The number of rotatable bonds is 4. The Morgan fingerprint density at radius 1 is 1.06 bits per heavy atom. The van der Waals surface area contributed by atoms with Gasteiger partial charge in [-0.3, -0.25) is 4.79 Å². The molecule has 0 unspecified atom stereocenters. The van der Waals surface area contributed by atoms with E-state index in [4.69, 9.17) is 10.2 Å². The molecule has 8 heteroatoms. The van der Waals surface area contributed by atoms with E-state index in [0.717, 1.165) is 11.1 Å². The molecule has 158 valence electrons. The van der Waals surface area contributed by atoms with Crippen LogP contribution in [0.1, 0.15) is 27.2 Å². The van der Waals surface area contributed by atoms with Crippen molar-refractivity contribution in [3.63, 3.8) is 0 Å². The summed E-state index contributed by atoms with van der Waals surface area (Å²) in [5.41, 5.74) is 11.5. The van der Waals surface area contributed by atoms with Crippen LogP contribution < -0.4 is 11.1 Å². The first-order valence-corrected chi connectivity index (χ1v) is 10.0. The van der Waals surface area contributed by atoms with Gasteiger partial charge in [0, 0.05) is 5.69 Å². The highest BCUT2D eigenvalue weighted by molar-refractivity contribution is 6.16. The SMILES string of the molecule is Cc1cc(C)cc(NC(=O)c2c(N)n(/N=C/c3ccco3)c3nc4ccccc4nc23)c1. The zero-order chi connectivity index (χ0) is 22.2. The van der Waals surface area contributed by atoms with E-state index in [1.807, 2.05) is 56.3 Å². The fraction of sp³-hybridized carbons (Fsp3) is 0.0833. The van der Waals surface area contributed by atoms with Gasteiger partial charge >= 0.3 is 0 Å². The van der Waals surface area contributed by atoms with Gasteiger partial charge in [-0.05, 0) is 61.4 Å². The lowest BCUT2D eigenvalue weighted by molar-refractivity contribution is 0.102. The molecule has 1 amide bonds. The molecule has 3 N–H and O–H groups in total. The summed E-state index contributed by atoms with van der Waals surface area (Å²) in [6, 6.07) is 16.8. The number of para-hydroxylation sites is 2. The van der Waals surface area contributed by atoms with E-state index < -0.39 is 0 Å². The first-order valence-electron chi connectivity index (χ1n) is 10.0. The first kappa shape index (κ1) is 19.5. The quantitative estimate of drug-likeness (QED) is 0.412. The third kappa shape index (κ3) is 3.47. The lowest BCUT2D eigenvalue weighted by Crippen LogP contribution is -2.14. The molecule has 0 aliphatic rings. The highest BCUT2D eigenvalue weighted by atomic mass is 16.3. The third-order valence-electron chi connectivity index (χ3n) is 5.02. The number of nitrogen functional groups attached to an aromatic ring is 1. The van der Waals surface area contributed by atoms with Crippen LogP contribution in [0.5, 0.6) is 0 Å². The number of anilines is 2. The number of nitrogens with one attached hydrogen (secondary N) is 1. The van der Waals surface area contributed by atoms with Crippen LogP contribution in [0.15, 0.2) is 70.4 Å². The summed E-state index contributed by atoms with van der Waals surface area (Å²) >= 11 is 0. The molecular weight excluding hydrogens is 404 g/mol. The van der Waals surface area contributed by atoms with Crippen LogP contribution in [0.2, 0.25) is 0 Å². The van der Waals surface area contributed by atoms with Gasteiger partial charge < -0.3 is 15.5 Å². The van der Waals surface area contributed by atoms with Crippen LogP contribution in [-0.2, 0) is 0 Å². The predicted molar refractivity (Wildman–Crippen MR) is 125 cm³/mol. The van der Waals surface area contributed by atoms with Gasteiger partial charge in [-0.1, -0.05) is 18.2 Å². The molecule has 5 rings (SSSR count). The fourth-order valence-corrected chi connectivity index (χ4v) is 3.71. The highest BCUT2D eigenvalue weighted by Crippen LogP contribution is 2.29. The van der Waals surface area contributed by atoms with Crippen molar-refractivity contribution in [2.75, 3.05) is 11.1 Å². The van der Waals surface area contributed by atoms with E-state index in [1.165, 1.54) is 10.9 Å². The van der Waals surface area contributed by atoms with Crippen molar-refractivity contribution >= 4 is 45.8 Å². The summed E-state index contributed by atoms with van der Waals surface area (Å²) in [5, 5.41) is 7.35. The Balaban J connectivity index is 1.67. The van der Waals surface area contributed by atoms with Crippen LogP contribution in [0.25, 0.3) is 22.2 Å². The molecule has 0 bridgehead atoms. The summed E-state index contributed by atoms with van der Waals surface area (Å²) < 4.78 is 6.72.